The largest absolute Gasteiger partial charge is 0.598 e. The van der Waals surface area contributed by atoms with Crippen LogP contribution in [0.4, 0.5) is 0 Å². The average Bonchev–Trinajstić information content (AvgIpc) is 2.40. The maximum absolute atomic E-state index is 11.0. The Balaban J connectivity index is 2.11. The minimum atomic E-state index is -0.767. The predicted octanol–water partition coefficient (Wildman–Crippen LogP) is 1.06. The number of nitrogens with one attached hydrogen (secondary N) is 1. The second kappa shape index (κ2) is 4.21. The molecule has 0 aromatic rings. The highest BCUT2D eigenvalue weighted by Gasteiger charge is 2.20. The molecule has 0 amide bonds. The quantitative estimate of drug-likeness (QED) is 0.628. The van der Waals surface area contributed by atoms with Gasteiger partial charge in [-0.05, 0) is 12.8 Å². The molecule has 1 rings (SSSR count). The van der Waals surface area contributed by atoms with Gasteiger partial charge in [0.15, 0.2) is 0 Å². The van der Waals surface area contributed by atoms with E-state index in [9.17, 15) is 4.55 Å². The molecule has 0 aromatic heterocycles. The summed E-state index contributed by atoms with van der Waals surface area (Å²) < 4.78 is 13.7. The predicted molar refractivity (Wildman–Crippen MR) is 44.0 cm³/mol. The Bertz CT molecular complexity index is 93.6. The summed E-state index contributed by atoms with van der Waals surface area (Å²) in [5.41, 5.74) is 0. The molecule has 0 radical (unpaired) electrons. The van der Waals surface area contributed by atoms with Crippen LogP contribution in [-0.4, -0.2) is 17.4 Å². The summed E-state index contributed by atoms with van der Waals surface area (Å²) in [4.78, 5) is 0. The first kappa shape index (κ1) is 8.37. The third-order valence-corrected chi connectivity index (χ3v) is 3.32. The van der Waals surface area contributed by atoms with E-state index in [1.54, 1.807) is 7.05 Å². The van der Waals surface area contributed by atoms with Gasteiger partial charge < -0.3 is 4.55 Å². The lowest BCUT2D eigenvalue weighted by molar-refractivity contribution is 0.552. The van der Waals surface area contributed by atoms with Crippen molar-refractivity contribution in [2.24, 2.45) is 5.92 Å². The van der Waals surface area contributed by atoms with E-state index in [-0.39, 0.29) is 0 Å². The van der Waals surface area contributed by atoms with Crippen LogP contribution in [0, 0.1) is 5.92 Å². The van der Waals surface area contributed by atoms with E-state index >= 15 is 0 Å². The molecule has 1 atom stereocenters. The highest BCUT2D eigenvalue weighted by Crippen LogP contribution is 2.25. The molecular weight excluding hydrogens is 146 g/mol. The molecule has 1 unspecified atom stereocenters. The van der Waals surface area contributed by atoms with Crippen LogP contribution < -0.4 is 4.72 Å². The second-order valence-electron chi connectivity index (χ2n) is 2.87. The van der Waals surface area contributed by atoms with Crippen LogP contribution in [0.5, 0.6) is 0 Å². The van der Waals surface area contributed by atoms with Gasteiger partial charge in [-0.1, -0.05) is 12.8 Å². The number of hydrogen-bond donors (Lipinski definition) is 1. The molecule has 0 aliphatic heterocycles. The fourth-order valence-corrected chi connectivity index (χ4v) is 2.40. The zero-order chi connectivity index (χ0) is 7.40. The molecule has 10 heavy (non-hydrogen) atoms. The zero-order valence-electron chi connectivity index (χ0n) is 6.43. The van der Waals surface area contributed by atoms with Gasteiger partial charge in [0.1, 0.15) is 5.75 Å². The first-order valence-corrected chi connectivity index (χ1v) is 5.20. The molecule has 1 saturated carbocycles. The Kier molecular flexibility index (Phi) is 3.52. The second-order valence-corrected chi connectivity index (χ2v) is 4.30. The standard InChI is InChI=1S/C7H15NOS/c1-8-10(9)6-7-4-2-3-5-7/h7-8H,2-6H2,1H3. The fourth-order valence-electron chi connectivity index (χ4n) is 1.47. The van der Waals surface area contributed by atoms with E-state index in [2.05, 4.69) is 4.72 Å². The van der Waals surface area contributed by atoms with Crippen LogP contribution in [0.15, 0.2) is 0 Å². The van der Waals surface area contributed by atoms with E-state index in [4.69, 9.17) is 0 Å². The number of rotatable bonds is 3. The average molecular weight is 161 g/mol. The van der Waals surface area contributed by atoms with Crippen LogP contribution >= 0.6 is 0 Å². The molecule has 0 aromatic carbocycles. The molecular formula is C7H15NOS. The van der Waals surface area contributed by atoms with E-state index in [1.807, 2.05) is 0 Å². The first-order valence-electron chi connectivity index (χ1n) is 3.88. The van der Waals surface area contributed by atoms with Gasteiger partial charge in [-0.3, -0.25) is 0 Å². The molecule has 0 bridgehead atoms. The van der Waals surface area contributed by atoms with Crippen LogP contribution in [0.3, 0.4) is 0 Å². The van der Waals surface area contributed by atoms with Crippen molar-refractivity contribution in [1.29, 1.82) is 0 Å². The van der Waals surface area contributed by atoms with Crippen molar-refractivity contribution >= 4 is 11.4 Å². The summed E-state index contributed by atoms with van der Waals surface area (Å²) in [6.07, 6.45) is 5.25. The highest BCUT2D eigenvalue weighted by molar-refractivity contribution is 7.89. The lowest BCUT2D eigenvalue weighted by Crippen LogP contribution is -2.25. The van der Waals surface area contributed by atoms with E-state index < -0.39 is 11.4 Å². The van der Waals surface area contributed by atoms with Crippen LogP contribution in [0.25, 0.3) is 0 Å². The van der Waals surface area contributed by atoms with E-state index in [0.29, 0.717) is 0 Å². The van der Waals surface area contributed by atoms with Crippen molar-refractivity contribution < 1.29 is 4.55 Å². The smallest absolute Gasteiger partial charge is 0.128 e. The Morgan fingerprint density at radius 1 is 1.50 bits per heavy atom. The van der Waals surface area contributed by atoms with Crippen molar-refractivity contribution in [3.8, 4) is 0 Å². The molecule has 0 heterocycles. The molecule has 3 heteroatoms. The van der Waals surface area contributed by atoms with Crippen molar-refractivity contribution in [2.45, 2.75) is 25.7 Å². The Hall–Kier alpha value is 0.270. The van der Waals surface area contributed by atoms with Gasteiger partial charge in [0.2, 0.25) is 0 Å². The minimum absolute atomic E-state index is 0.730. The van der Waals surface area contributed by atoms with Gasteiger partial charge in [-0.2, -0.15) is 0 Å². The maximum Gasteiger partial charge on any atom is 0.128 e. The molecule has 0 saturated heterocycles. The van der Waals surface area contributed by atoms with Crippen molar-refractivity contribution in [2.75, 3.05) is 12.8 Å². The molecule has 1 aliphatic rings. The van der Waals surface area contributed by atoms with Gasteiger partial charge in [0.25, 0.3) is 0 Å². The maximum atomic E-state index is 11.0. The lowest BCUT2D eigenvalue weighted by atomic mass is 10.1. The monoisotopic (exact) mass is 161 g/mol. The summed E-state index contributed by atoms with van der Waals surface area (Å²) in [6.45, 7) is 0. The van der Waals surface area contributed by atoms with Crippen LogP contribution in [0.1, 0.15) is 25.7 Å². The van der Waals surface area contributed by atoms with E-state index in [0.717, 1.165) is 11.7 Å². The molecule has 2 nitrogen and oxygen atoms in total. The van der Waals surface area contributed by atoms with Crippen molar-refractivity contribution in [1.82, 2.24) is 4.72 Å². The topological polar surface area (TPSA) is 35.1 Å². The third-order valence-electron chi connectivity index (χ3n) is 2.09. The Morgan fingerprint density at radius 3 is 2.60 bits per heavy atom. The third kappa shape index (κ3) is 2.48. The highest BCUT2D eigenvalue weighted by atomic mass is 32.2. The zero-order valence-corrected chi connectivity index (χ0v) is 7.25. The molecule has 60 valence electrons. The van der Waals surface area contributed by atoms with Crippen LogP contribution in [0.2, 0.25) is 0 Å². The van der Waals surface area contributed by atoms with Crippen molar-refractivity contribution in [3.05, 3.63) is 0 Å². The summed E-state index contributed by atoms with van der Waals surface area (Å²) in [5.74, 6) is 1.59. The van der Waals surface area contributed by atoms with Crippen molar-refractivity contribution in [3.63, 3.8) is 0 Å². The van der Waals surface area contributed by atoms with Gasteiger partial charge in [-0.15, -0.1) is 4.72 Å². The fraction of sp³-hybridized carbons (Fsp3) is 1.00. The first-order chi connectivity index (χ1) is 4.83. The molecule has 1 aliphatic carbocycles. The van der Waals surface area contributed by atoms with Gasteiger partial charge in [0.05, 0.1) is 0 Å². The lowest BCUT2D eigenvalue weighted by Gasteiger charge is -2.11. The summed E-state index contributed by atoms with van der Waals surface area (Å²) >= 11 is -0.767. The summed E-state index contributed by atoms with van der Waals surface area (Å²) in [6, 6.07) is 0. The molecule has 0 spiro atoms. The summed E-state index contributed by atoms with van der Waals surface area (Å²) in [7, 11) is 1.76. The Labute approximate surface area is 65.7 Å². The summed E-state index contributed by atoms with van der Waals surface area (Å²) in [5, 5.41) is 0. The molecule has 1 fully saturated rings. The van der Waals surface area contributed by atoms with Crippen LogP contribution in [-0.2, 0) is 11.4 Å². The normalized spacial score (nSPS) is 23.4. The molecule has 1 N–H and O–H groups in total. The Morgan fingerprint density at radius 2 is 2.10 bits per heavy atom. The van der Waals surface area contributed by atoms with Gasteiger partial charge in [-0.25, -0.2) is 0 Å². The van der Waals surface area contributed by atoms with Gasteiger partial charge >= 0.3 is 0 Å². The van der Waals surface area contributed by atoms with Gasteiger partial charge in [0, 0.05) is 24.3 Å². The van der Waals surface area contributed by atoms with E-state index in [1.165, 1.54) is 25.7 Å². The number of hydrogen-bond acceptors (Lipinski definition) is 2. The SMILES string of the molecule is CN[S+]([O-])CC1CCCC1. The minimum Gasteiger partial charge on any atom is -0.598 e.